The molecule has 2 aromatic carbocycles. The fourth-order valence-corrected chi connectivity index (χ4v) is 3.60. The summed E-state index contributed by atoms with van der Waals surface area (Å²) in [6.45, 7) is 6.33. The predicted molar refractivity (Wildman–Crippen MR) is 96.6 cm³/mol. The molecular formula is C19H25NO3S. The maximum Gasteiger partial charge on any atom is 0.240 e. The first kappa shape index (κ1) is 18.6. The lowest BCUT2D eigenvalue weighted by Gasteiger charge is -2.18. The van der Waals surface area contributed by atoms with Gasteiger partial charge in [0.2, 0.25) is 10.0 Å². The largest absolute Gasteiger partial charge is 0.375 e. The van der Waals surface area contributed by atoms with Crippen LogP contribution < -0.4 is 4.72 Å². The standard InChI is InChI=1S/C19H25NO3S/c1-14(2)16-9-11-17(12-10-16)24(21,22)20-13-19(23-4)18-8-6-5-7-15(18)3/h5-12,14,19-20H,13H2,1-4H3. The van der Waals surface area contributed by atoms with E-state index in [0.717, 1.165) is 16.7 Å². The highest BCUT2D eigenvalue weighted by atomic mass is 32.2. The van der Waals surface area contributed by atoms with E-state index < -0.39 is 10.0 Å². The van der Waals surface area contributed by atoms with Crippen LogP contribution in [0, 0.1) is 6.92 Å². The SMILES string of the molecule is COC(CNS(=O)(=O)c1ccc(C(C)C)cc1)c1ccccc1C. The lowest BCUT2D eigenvalue weighted by molar-refractivity contribution is 0.107. The van der Waals surface area contributed by atoms with Gasteiger partial charge in [0.05, 0.1) is 11.0 Å². The molecule has 0 saturated heterocycles. The molecular weight excluding hydrogens is 322 g/mol. The number of aryl methyl sites for hydroxylation is 1. The summed E-state index contributed by atoms with van der Waals surface area (Å²) in [5.41, 5.74) is 3.17. The highest BCUT2D eigenvalue weighted by Crippen LogP contribution is 2.21. The Labute approximate surface area is 144 Å². The molecule has 0 bridgehead atoms. The maximum atomic E-state index is 12.5. The molecule has 1 atom stereocenters. The molecule has 2 aromatic rings. The molecule has 0 heterocycles. The molecule has 0 radical (unpaired) electrons. The van der Waals surface area contributed by atoms with Crippen LogP contribution in [-0.2, 0) is 14.8 Å². The van der Waals surface area contributed by atoms with Crippen molar-refractivity contribution in [3.8, 4) is 0 Å². The van der Waals surface area contributed by atoms with Crippen LogP contribution in [0.1, 0.15) is 42.6 Å². The van der Waals surface area contributed by atoms with Gasteiger partial charge in [0, 0.05) is 13.7 Å². The van der Waals surface area contributed by atoms with E-state index in [0.29, 0.717) is 5.92 Å². The van der Waals surface area contributed by atoms with Gasteiger partial charge in [-0.1, -0.05) is 50.2 Å². The van der Waals surface area contributed by atoms with E-state index in [4.69, 9.17) is 4.74 Å². The van der Waals surface area contributed by atoms with E-state index in [9.17, 15) is 8.42 Å². The van der Waals surface area contributed by atoms with Gasteiger partial charge in [-0.25, -0.2) is 13.1 Å². The number of benzene rings is 2. The molecule has 0 aromatic heterocycles. The summed E-state index contributed by atoms with van der Waals surface area (Å²) >= 11 is 0. The lowest BCUT2D eigenvalue weighted by Crippen LogP contribution is -2.29. The first-order valence-corrected chi connectivity index (χ1v) is 9.51. The van der Waals surface area contributed by atoms with Crippen LogP contribution in [0.5, 0.6) is 0 Å². The van der Waals surface area contributed by atoms with Crippen LogP contribution in [-0.4, -0.2) is 22.1 Å². The van der Waals surface area contributed by atoms with Crippen LogP contribution in [0.15, 0.2) is 53.4 Å². The minimum absolute atomic E-state index is 0.190. The number of hydrogen-bond acceptors (Lipinski definition) is 3. The quantitative estimate of drug-likeness (QED) is 0.829. The van der Waals surface area contributed by atoms with Gasteiger partial charge in [-0.05, 0) is 41.7 Å². The zero-order valence-electron chi connectivity index (χ0n) is 14.6. The molecule has 2 rings (SSSR count). The third-order valence-electron chi connectivity index (χ3n) is 4.14. The normalized spacial score (nSPS) is 13.2. The maximum absolute atomic E-state index is 12.5. The number of methoxy groups -OCH3 is 1. The Hall–Kier alpha value is -1.69. The van der Waals surface area contributed by atoms with E-state index in [1.165, 1.54) is 0 Å². The zero-order valence-corrected chi connectivity index (χ0v) is 15.4. The van der Waals surface area contributed by atoms with Gasteiger partial charge in [-0.2, -0.15) is 0 Å². The van der Waals surface area contributed by atoms with Gasteiger partial charge in [0.15, 0.2) is 0 Å². The summed E-state index contributed by atoms with van der Waals surface area (Å²) < 4.78 is 33.1. The fourth-order valence-electron chi connectivity index (χ4n) is 2.57. The van der Waals surface area contributed by atoms with Crippen molar-refractivity contribution in [2.75, 3.05) is 13.7 Å². The Morgan fingerprint density at radius 2 is 1.67 bits per heavy atom. The van der Waals surface area contributed by atoms with Crippen molar-refractivity contribution >= 4 is 10.0 Å². The van der Waals surface area contributed by atoms with Crippen molar-refractivity contribution in [1.29, 1.82) is 0 Å². The van der Waals surface area contributed by atoms with Crippen LogP contribution in [0.25, 0.3) is 0 Å². The van der Waals surface area contributed by atoms with Crippen LogP contribution in [0.2, 0.25) is 0 Å². The summed E-state index contributed by atoms with van der Waals surface area (Å²) in [6, 6.07) is 14.8. The molecule has 24 heavy (non-hydrogen) atoms. The third kappa shape index (κ3) is 4.44. The Bertz CT molecular complexity index is 767. The topological polar surface area (TPSA) is 55.4 Å². The number of nitrogens with one attached hydrogen (secondary N) is 1. The second-order valence-electron chi connectivity index (χ2n) is 6.16. The van der Waals surface area contributed by atoms with Gasteiger partial charge >= 0.3 is 0 Å². The van der Waals surface area contributed by atoms with E-state index in [-0.39, 0.29) is 17.5 Å². The van der Waals surface area contributed by atoms with Gasteiger partial charge in [0.1, 0.15) is 0 Å². The van der Waals surface area contributed by atoms with E-state index >= 15 is 0 Å². The first-order chi connectivity index (χ1) is 11.3. The average molecular weight is 347 g/mol. The molecule has 130 valence electrons. The summed E-state index contributed by atoms with van der Waals surface area (Å²) in [5, 5.41) is 0. The molecule has 0 aliphatic carbocycles. The van der Waals surface area contributed by atoms with Crippen molar-refractivity contribution in [1.82, 2.24) is 4.72 Å². The zero-order chi connectivity index (χ0) is 17.7. The smallest absolute Gasteiger partial charge is 0.240 e. The molecule has 0 fully saturated rings. The number of ether oxygens (including phenoxy) is 1. The van der Waals surface area contributed by atoms with E-state index in [1.807, 2.05) is 43.3 Å². The van der Waals surface area contributed by atoms with Crippen LogP contribution in [0.4, 0.5) is 0 Å². The Balaban J connectivity index is 2.12. The van der Waals surface area contributed by atoms with E-state index in [1.54, 1.807) is 19.2 Å². The summed E-state index contributed by atoms with van der Waals surface area (Å²) in [6.07, 6.45) is -0.323. The highest BCUT2D eigenvalue weighted by molar-refractivity contribution is 7.89. The van der Waals surface area contributed by atoms with Crippen molar-refractivity contribution in [2.45, 2.75) is 37.7 Å². The molecule has 0 saturated carbocycles. The van der Waals surface area contributed by atoms with Crippen molar-refractivity contribution < 1.29 is 13.2 Å². The number of sulfonamides is 1. The molecule has 0 aliphatic heterocycles. The molecule has 0 amide bonds. The van der Waals surface area contributed by atoms with Gasteiger partial charge in [-0.3, -0.25) is 0 Å². The second kappa shape index (κ2) is 7.92. The number of hydrogen-bond donors (Lipinski definition) is 1. The molecule has 1 N–H and O–H groups in total. The highest BCUT2D eigenvalue weighted by Gasteiger charge is 2.19. The first-order valence-electron chi connectivity index (χ1n) is 8.03. The van der Waals surface area contributed by atoms with Crippen LogP contribution >= 0.6 is 0 Å². The molecule has 5 heteroatoms. The third-order valence-corrected chi connectivity index (χ3v) is 5.58. The van der Waals surface area contributed by atoms with Crippen LogP contribution in [0.3, 0.4) is 0 Å². The van der Waals surface area contributed by atoms with Crippen molar-refractivity contribution in [3.63, 3.8) is 0 Å². The Morgan fingerprint density at radius 3 is 2.21 bits per heavy atom. The minimum Gasteiger partial charge on any atom is -0.375 e. The van der Waals surface area contributed by atoms with Crippen molar-refractivity contribution in [2.24, 2.45) is 0 Å². The predicted octanol–water partition coefficient (Wildman–Crippen LogP) is 3.78. The monoisotopic (exact) mass is 347 g/mol. The van der Waals surface area contributed by atoms with E-state index in [2.05, 4.69) is 18.6 Å². The summed E-state index contributed by atoms with van der Waals surface area (Å²) in [4.78, 5) is 0.270. The van der Waals surface area contributed by atoms with Gasteiger partial charge in [0.25, 0.3) is 0 Å². The second-order valence-corrected chi connectivity index (χ2v) is 7.92. The lowest BCUT2D eigenvalue weighted by atomic mass is 10.0. The Morgan fingerprint density at radius 1 is 1.04 bits per heavy atom. The van der Waals surface area contributed by atoms with Gasteiger partial charge < -0.3 is 4.74 Å². The number of rotatable bonds is 7. The van der Waals surface area contributed by atoms with Crippen molar-refractivity contribution in [3.05, 3.63) is 65.2 Å². The summed E-state index contributed by atoms with van der Waals surface area (Å²) in [7, 11) is -1.97. The molecule has 0 aliphatic rings. The summed E-state index contributed by atoms with van der Waals surface area (Å²) in [5.74, 6) is 0.369. The average Bonchev–Trinajstić information content (AvgIpc) is 2.57. The minimum atomic E-state index is -3.56. The molecule has 0 spiro atoms. The Kier molecular flexibility index (Phi) is 6.15. The molecule has 1 unspecified atom stereocenters. The molecule has 4 nitrogen and oxygen atoms in total. The fraction of sp³-hybridized carbons (Fsp3) is 0.368. The van der Waals surface area contributed by atoms with Gasteiger partial charge in [-0.15, -0.1) is 0 Å².